The van der Waals surface area contributed by atoms with E-state index in [2.05, 4.69) is 26.6 Å². The highest BCUT2D eigenvalue weighted by atomic mass is 79.9. The Kier molecular flexibility index (Phi) is 9.49. The lowest BCUT2D eigenvalue weighted by atomic mass is 9.95. The molecule has 1 fully saturated rings. The summed E-state index contributed by atoms with van der Waals surface area (Å²) in [7, 11) is 0. The van der Waals surface area contributed by atoms with Crippen molar-refractivity contribution >= 4 is 45.4 Å². The number of nitrogens with one attached hydrogen (secondary N) is 2. The minimum absolute atomic E-state index is 0.0547. The average molecular weight is 484 g/mol. The first kappa shape index (κ1) is 23.7. The number of benzene rings is 1. The normalized spacial score (nSPS) is 15.8. The van der Waals surface area contributed by atoms with E-state index in [1.807, 2.05) is 26.2 Å². The maximum Gasteiger partial charge on any atom is 0.253 e. The highest BCUT2D eigenvalue weighted by molar-refractivity contribution is 9.10. The van der Waals surface area contributed by atoms with E-state index < -0.39 is 6.04 Å². The zero-order valence-corrected chi connectivity index (χ0v) is 19.6. The molecule has 1 aromatic carbocycles. The Morgan fingerprint density at radius 2 is 1.83 bits per heavy atom. The Hall–Kier alpha value is -1.54. The number of nitrogens with zero attached hydrogens (tertiary/aromatic N) is 1. The molecular formula is C21H30BrN3O3S. The van der Waals surface area contributed by atoms with Gasteiger partial charge in [0.1, 0.15) is 6.04 Å². The largest absolute Gasteiger partial charge is 0.354 e. The standard InChI is InChI=1S/C21H30BrN3O3S/c1-14(2)23-19(26)15-8-11-25(12-9-15)21(28)18(10-13-29-3)24-20(27)16-6-4-5-7-17(16)22/h4-7,14-15,18H,8-13H2,1-3H3,(H,23,26)(H,24,27). The number of rotatable bonds is 8. The van der Waals surface area contributed by atoms with Crippen LogP contribution in [0.1, 0.15) is 43.5 Å². The fourth-order valence-corrected chi connectivity index (χ4v) is 4.30. The van der Waals surface area contributed by atoms with Crippen molar-refractivity contribution in [2.24, 2.45) is 5.92 Å². The zero-order chi connectivity index (χ0) is 21.4. The first-order valence-electron chi connectivity index (χ1n) is 9.97. The summed E-state index contributed by atoms with van der Waals surface area (Å²) in [6, 6.07) is 6.73. The van der Waals surface area contributed by atoms with Crippen molar-refractivity contribution in [1.82, 2.24) is 15.5 Å². The lowest BCUT2D eigenvalue weighted by Crippen LogP contribution is -2.52. The Balaban J connectivity index is 1.99. The first-order chi connectivity index (χ1) is 13.8. The third-order valence-corrected chi connectivity index (χ3v) is 6.28. The van der Waals surface area contributed by atoms with Gasteiger partial charge in [-0.3, -0.25) is 14.4 Å². The number of hydrogen-bond donors (Lipinski definition) is 2. The van der Waals surface area contributed by atoms with Gasteiger partial charge < -0.3 is 15.5 Å². The molecule has 1 unspecified atom stereocenters. The number of piperidine rings is 1. The van der Waals surface area contributed by atoms with Gasteiger partial charge in [-0.2, -0.15) is 11.8 Å². The summed E-state index contributed by atoms with van der Waals surface area (Å²) in [4.78, 5) is 39.8. The van der Waals surface area contributed by atoms with Crippen LogP contribution < -0.4 is 10.6 Å². The van der Waals surface area contributed by atoms with Gasteiger partial charge in [0, 0.05) is 29.5 Å². The minimum atomic E-state index is -0.567. The van der Waals surface area contributed by atoms with E-state index in [1.165, 1.54) is 0 Å². The van der Waals surface area contributed by atoms with Crippen molar-refractivity contribution in [2.75, 3.05) is 25.1 Å². The van der Waals surface area contributed by atoms with Crippen molar-refractivity contribution in [3.05, 3.63) is 34.3 Å². The summed E-state index contributed by atoms with van der Waals surface area (Å²) in [5.74, 6) is 0.458. The maximum atomic E-state index is 13.1. The van der Waals surface area contributed by atoms with Crippen LogP contribution in [0.2, 0.25) is 0 Å². The second-order valence-corrected chi connectivity index (χ2v) is 9.39. The van der Waals surface area contributed by atoms with Crippen LogP contribution in [0.25, 0.3) is 0 Å². The van der Waals surface area contributed by atoms with E-state index in [0.717, 1.165) is 5.75 Å². The molecule has 1 heterocycles. The van der Waals surface area contributed by atoms with Gasteiger partial charge in [-0.1, -0.05) is 12.1 Å². The molecule has 1 aliphatic rings. The molecule has 0 aliphatic carbocycles. The number of hydrogen-bond acceptors (Lipinski definition) is 4. The summed E-state index contributed by atoms with van der Waals surface area (Å²) in [6.07, 6.45) is 3.86. The molecule has 160 valence electrons. The van der Waals surface area contributed by atoms with E-state index in [0.29, 0.717) is 42.4 Å². The number of halogens is 1. The topological polar surface area (TPSA) is 78.5 Å². The van der Waals surface area contributed by atoms with Gasteiger partial charge in [0.25, 0.3) is 5.91 Å². The highest BCUT2D eigenvalue weighted by Crippen LogP contribution is 2.20. The van der Waals surface area contributed by atoms with Gasteiger partial charge in [-0.15, -0.1) is 0 Å². The van der Waals surface area contributed by atoms with Gasteiger partial charge in [-0.25, -0.2) is 0 Å². The summed E-state index contributed by atoms with van der Waals surface area (Å²) in [6.45, 7) is 4.96. The number of carbonyl (C=O) groups excluding carboxylic acids is 3. The molecule has 2 rings (SSSR count). The molecule has 2 N–H and O–H groups in total. The van der Waals surface area contributed by atoms with E-state index >= 15 is 0 Å². The summed E-state index contributed by atoms with van der Waals surface area (Å²) >= 11 is 5.04. The first-order valence-corrected chi connectivity index (χ1v) is 12.2. The molecular weight excluding hydrogens is 454 g/mol. The van der Waals surface area contributed by atoms with Crippen LogP contribution in [0.4, 0.5) is 0 Å². The number of carbonyl (C=O) groups is 3. The van der Waals surface area contributed by atoms with Crippen molar-refractivity contribution in [1.29, 1.82) is 0 Å². The van der Waals surface area contributed by atoms with Crippen LogP contribution in [-0.4, -0.2) is 59.8 Å². The Bertz CT molecular complexity index is 721. The Labute approximate surface area is 185 Å². The Morgan fingerprint density at radius 3 is 2.41 bits per heavy atom. The predicted molar refractivity (Wildman–Crippen MR) is 121 cm³/mol. The molecule has 8 heteroatoms. The smallest absolute Gasteiger partial charge is 0.253 e. The number of thioether (sulfide) groups is 1. The van der Waals surface area contributed by atoms with E-state index in [1.54, 1.807) is 34.9 Å². The predicted octanol–water partition coefficient (Wildman–Crippen LogP) is 3.06. The number of amides is 3. The van der Waals surface area contributed by atoms with E-state index in [-0.39, 0.29) is 29.7 Å². The summed E-state index contributed by atoms with van der Waals surface area (Å²) in [5, 5.41) is 5.86. The molecule has 29 heavy (non-hydrogen) atoms. The fourth-order valence-electron chi connectivity index (χ4n) is 3.36. The van der Waals surface area contributed by atoms with E-state index in [4.69, 9.17) is 0 Å². The summed E-state index contributed by atoms with van der Waals surface area (Å²) < 4.78 is 0.700. The average Bonchev–Trinajstić information content (AvgIpc) is 2.70. The van der Waals surface area contributed by atoms with E-state index in [9.17, 15) is 14.4 Å². The van der Waals surface area contributed by atoms with Crippen molar-refractivity contribution < 1.29 is 14.4 Å². The quantitative estimate of drug-likeness (QED) is 0.595. The van der Waals surface area contributed by atoms with Crippen LogP contribution >= 0.6 is 27.7 Å². The van der Waals surface area contributed by atoms with Crippen molar-refractivity contribution in [2.45, 2.75) is 45.2 Å². The lowest BCUT2D eigenvalue weighted by molar-refractivity contribution is -0.137. The SMILES string of the molecule is CSCCC(NC(=O)c1ccccc1Br)C(=O)N1CCC(C(=O)NC(C)C)CC1. The fraction of sp³-hybridized carbons (Fsp3) is 0.571. The minimum Gasteiger partial charge on any atom is -0.354 e. The molecule has 1 saturated heterocycles. The number of likely N-dealkylation sites (tertiary alicyclic amines) is 1. The lowest BCUT2D eigenvalue weighted by Gasteiger charge is -2.34. The highest BCUT2D eigenvalue weighted by Gasteiger charge is 2.31. The summed E-state index contributed by atoms with van der Waals surface area (Å²) in [5.41, 5.74) is 0.513. The molecule has 1 atom stereocenters. The van der Waals surface area contributed by atoms with Gasteiger partial charge >= 0.3 is 0 Å². The zero-order valence-electron chi connectivity index (χ0n) is 17.2. The van der Waals surface area contributed by atoms with Crippen LogP contribution in [-0.2, 0) is 9.59 Å². The molecule has 0 aromatic heterocycles. The van der Waals surface area contributed by atoms with Crippen LogP contribution in [0.5, 0.6) is 0 Å². The Morgan fingerprint density at radius 1 is 1.17 bits per heavy atom. The maximum absolute atomic E-state index is 13.1. The molecule has 0 spiro atoms. The molecule has 0 bridgehead atoms. The van der Waals surface area contributed by atoms with Crippen LogP contribution in [0.3, 0.4) is 0 Å². The van der Waals surface area contributed by atoms with Gasteiger partial charge in [0.05, 0.1) is 5.56 Å². The van der Waals surface area contributed by atoms with Crippen molar-refractivity contribution in [3.63, 3.8) is 0 Å². The molecule has 0 radical (unpaired) electrons. The van der Waals surface area contributed by atoms with Gasteiger partial charge in [-0.05, 0) is 73.2 Å². The van der Waals surface area contributed by atoms with Gasteiger partial charge in [0.2, 0.25) is 11.8 Å². The third-order valence-electron chi connectivity index (χ3n) is 4.94. The molecule has 6 nitrogen and oxygen atoms in total. The van der Waals surface area contributed by atoms with Crippen LogP contribution in [0.15, 0.2) is 28.7 Å². The third kappa shape index (κ3) is 7.03. The monoisotopic (exact) mass is 483 g/mol. The van der Waals surface area contributed by atoms with Crippen molar-refractivity contribution in [3.8, 4) is 0 Å². The molecule has 0 saturated carbocycles. The second-order valence-electron chi connectivity index (χ2n) is 7.55. The second kappa shape index (κ2) is 11.6. The molecule has 1 aliphatic heterocycles. The van der Waals surface area contributed by atoms with Crippen LogP contribution in [0, 0.1) is 5.92 Å². The molecule has 1 aromatic rings. The van der Waals surface area contributed by atoms with Gasteiger partial charge in [0.15, 0.2) is 0 Å². The molecule has 3 amide bonds.